The lowest BCUT2D eigenvalue weighted by Gasteiger charge is -2.24. The van der Waals surface area contributed by atoms with Crippen molar-refractivity contribution < 1.29 is 9.90 Å². The second kappa shape index (κ2) is 3.58. The molecule has 0 atom stereocenters. The van der Waals surface area contributed by atoms with Crippen LogP contribution in [-0.2, 0) is 5.54 Å². The number of nitrogens with zero attached hydrogens (tertiary/aromatic N) is 2. The number of pyridine rings is 1. The lowest BCUT2D eigenvalue weighted by Crippen LogP contribution is -2.23. The van der Waals surface area contributed by atoms with Gasteiger partial charge in [-0.25, -0.2) is 9.78 Å². The third-order valence-corrected chi connectivity index (χ3v) is 2.85. The Morgan fingerprint density at radius 3 is 2.59 bits per heavy atom. The van der Waals surface area contributed by atoms with Crippen molar-refractivity contribution in [3.05, 3.63) is 29.6 Å². The highest BCUT2D eigenvalue weighted by Crippen LogP contribution is 2.29. The third kappa shape index (κ3) is 1.69. The van der Waals surface area contributed by atoms with Crippen LogP contribution in [-0.4, -0.2) is 20.6 Å². The van der Waals surface area contributed by atoms with Crippen molar-refractivity contribution in [1.82, 2.24) is 9.55 Å². The van der Waals surface area contributed by atoms with Gasteiger partial charge in [-0.15, -0.1) is 0 Å². The fourth-order valence-corrected chi connectivity index (χ4v) is 2.33. The molecule has 0 saturated heterocycles. The maximum absolute atomic E-state index is 11.3. The number of hydrogen-bond donors (Lipinski definition) is 1. The molecule has 2 aromatic rings. The first-order valence-electron chi connectivity index (χ1n) is 5.54. The van der Waals surface area contributed by atoms with Crippen molar-refractivity contribution in [1.29, 1.82) is 0 Å². The van der Waals surface area contributed by atoms with Crippen molar-refractivity contribution in [3.8, 4) is 0 Å². The fraction of sp³-hybridized carbons (Fsp3) is 0.385. The normalized spacial score (nSPS) is 12.0. The van der Waals surface area contributed by atoms with Crippen molar-refractivity contribution in [2.75, 3.05) is 0 Å². The molecule has 0 aliphatic heterocycles. The number of aromatic carboxylic acids is 1. The molecule has 0 aromatic carbocycles. The summed E-state index contributed by atoms with van der Waals surface area (Å²) in [6, 6.07) is 3.57. The molecule has 4 nitrogen and oxygen atoms in total. The summed E-state index contributed by atoms with van der Waals surface area (Å²) in [6.45, 7) is 7.95. The first kappa shape index (κ1) is 11.6. The van der Waals surface area contributed by atoms with Gasteiger partial charge in [0, 0.05) is 22.8 Å². The van der Waals surface area contributed by atoms with E-state index in [9.17, 15) is 9.90 Å². The number of carbonyl (C=O) groups is 1. The van der Waals surface area contributed by atoms with Gasteiger partial charge in [-0.3, -0.25) is 0 Å². The van der Waals surface area contributed by atoms with Crippen LogP contribution in [0.4, 0.5) is 0 Å². The van der Waals surface area contributed by atoms with Crippen molar-refractivity contribution in [2.45, 2.75) is 33.2 Å². The van der Waals surface area contributed by atoms with E-state index in [-0.39, 0.29) is 5.54 Å². The third-order valence-electron chi connectivity index (χ3n) is 2.85. The van der Waals surface area contributed by atoms with E-state index < -0.39 is 5.97 Å². The lowest BCUT2D eigenvalue weighted by molar-refractivity contribution is 0.0697. The standard InChI is InChI=1S/C13H16N2O2/c1-8-10(12(16)17)9-6-5-7-14-11(9)15(8)13(2,3)4/h5-7H,1-4H3,(H,16,17). The van der Waals surface area contributed by atoms with Crippen LogP contribution < -0.4 is 0 Å². The molecule has 0 saturated carbocycles. The molecule has 4 heteroatoms. The van der Waals surface area contributed by atoms with Crippen LogP contribution in [0.25, 0.3) is 11.0 Å². The summed E-state index contributed by atoms with van der Waals surface area (Å²) >= 11 is 0. The second-order valence-corrected chi connectivity index (χ2v) is 5.15. The Morgan fingerprint density at radius 1 is 1.41 bits per heavy atom. The van der Waals surface area contributed by atoms with Crippen LogP contribution >= 0.6 is 0 Å². The predicted molar refractivity (Wildman–Crippen MR) is 66.4 cm³/mol. The first-order valence-corrected chi connectivity index (χ1v) is 5.54. The Balaban J connectivity index is 2.95. The predicted octanol–water partition coefficient (Wildman–Crippen LogP) is 2.80. The van der Waals surface area contributed by atoms with Crippen LogP contribution in [0.3, 0.4) is 0 Å². The first-order chi connectivity index (χ1) is 7.84. The van der Waals surface area contributed by atoms with Gasteiger partial charge in [-0.2, -0.15) is 0 Å². The molecule has 0 fully saturated rings. The number of aromatic nitrogens is 2. The summed E-state index contributed by atoms with van der Waals surface area (Å²) in [4.78, 5) is 15.6. The maximum Gasteiger partial charge on any atom is 0.338 e. The minimum atomic E-state index is -0.900. The average Bonchev–Trinajstić information content (AvgIpc) is 2.48. The van der Waals surface area contributed by atoms with Crippen LogP contribution in [0.1, 0.15) is 36.8 Å². The van der Waals surface area contributed by atoms with E-state index in [0.29, 0.717) is 10.9 Å². The molecule has 90 valence electrons. The van der Waals surface area contributed by atoms with Crippen LogP contribution in [0.15, 0.2) is 18.3 Å². The van der Waals surface area contributed by atoms with Gasteiger partial charge >= 0.3 is 5.97 Å². The van der Waals surface area contributed by atoms with Gasteiger partial charge in [0.2, 0.25) is 0 Å². The average molecular weight is 232 g/mol. The summed E-state index contributed by atoms with van der Waals surface area (Å²) in [6.07, 6.45) is 1.69. The van der Waals surface area contributed by atoms with Crippen LogP contribution in [0.2, 0.25) is 0 Å². The van der Waals surface area contributed by atoms with Crippen molar-refractivity contribution in [3.63, 3.8) is 0 Å². The molecule has 0 radical (unpaired) electrons. The van der Waals surface area contributed by atoms with Crippen molar-refractivity contribution in [2.24, 2.45) is 0 Å². The van der Waals surface area contributed by atoms with E-state index in [1.54, 1.807) is 18.3 Å². The van der Waals surface area contributed by atoms with E-state index >= 15 is 0 Å². The lowest BCUT2D eigenvalue weighted by atomic mass is 10.1. The molecule has 17 heavy (non-hydrogen) atoms. The molecular formula is C13H16N2O2. The van der Waals surface area contributed by atoms with Gasteiger partial charge in [0.05, 0.1) is 5.56 Å². The number of carboxylic acids is 1. The van der Waals surface area contributed by atoms with Gasteiger partial charge in [0.1, 0.15) is 5.65 Å². The molecule has 1 N–H and O–H groups in total. The minimum Gasteiger partial charge on any atom is -0.478 e. The smallest absolute Gasteiger partial charge is 0.338 e. The fourth-order valence-electron chi connectivity index (χ4n) is 2.33. The highest BCUT2D eigenvalue weighted by molar-refractivity contribution is 6.04. The number of rotatable bonds is 1. The number of fused-ring (bicyclic) bond motifs is 1. The number of carboxylic acid groups (broad SMARTS) is 1. The highest BCUT2D eigenvalue weighted by Gasteiger charge is 2.25. The SMILES string of the molecule is Cc1c(C(=O)O)c2cccnc2n1C(C)(C)C. The van der Waals surface area contributed by atoms with Crippen molar-refractivity contribution >= 4 is 17.0 Å². The Morgan fingerprint density at radius 2 is 2.06 bits per heavy atom. The summed E-state index contributed by atoms with van der Waals surface area (Å²) in [7, 11) is 0. The zero-order valence-corrected chi connectivity index (χ0v) is 10.5. The summed E-state index contributed by atoms with van der Waals surface area (Å²) in [5, 5.41) is 10.0. The molecule has 0 spiro atoms. The Labute approximate surface area is 99.9 Å². The second-order valence-electron chi connectivity index (χ2n) is 5.15. The summed E-state index contributed by atoms with van der Waals surface area (Å²) in [5.74, 6) is -0.900. The molecule has 0 aliphatic rings. The summed E-state index contributed by atoms with van der Waals surface area (Å²) < 4.78 is 1.98. The molecule has 2 aromatic heterocycles. The molecule has 0 aliphatic carbocycles. The van der Waals surface area contributed by atoms with Gasteiger partial charge in [-0.05, 0) is 39.8 Å². The van der Waals surface area contributed by atoms with Gasteiger partial charge < -0.3 is 9.67 Å². The molecular weight excluding hydrogens is 216 g/mol. The van der Waals surface area contributed by atoms with E-state index in [1.165, 1.54) is 0 Å². The Kier molecular flexibility index (Phi) is 2.45. The zero-order chi connectivity index (χ0) is 12.8. The molecule has 2 rings (SSSR count). The monoisotopic (exact) mass is 232 g/mol. The molecule has 2 heterocycles. The van der Waals surface area contributed by atoms with Gasteiger partial charge in [0.25, 0.3) is 0 Å². The maximum atomic E-state index is 11.3. The number of hydrogen-bond acceptors (Lipinski definition) is 2. The van der Waals surface area contributed by atoms with Gasteiger partial charge in [-0.1, -0.05) is 0 Å². The molecule has 0 bridgehead atoms. The summed E-state index contributed by atoms with van der Waals surface area (Å²) in [5.41, 5.74) is 1.64. The van der Waals surface area contributed by atoms with E-state index in [1.807, 2.05) is 32.3 Å². The Hall–Kier alpha value is -1.84. The Bertz CT molecular complexity index is 591. The largest absolute Gasteiger partial charge is 0.478 e. The molecule has 0 unspecified atom stereocenters. The minimum absolute atomic E-state index is 0.190. The zero-order valence-electron chi connectivity index (χ0n) is 10.5. The van der Waals surface area contributed by atoms with E-state index in [2.05, 4.69) is 4.98 Å². The van der Waals surface area contributed by atoms with Crippen LogP contribution in [0.5, 0.6) is 0 Å². The quantitative estimate of drug-likeness (QED) is 0.822. The van der Waals surface area contributed by atoms with Gasteiger partial charge in [0.15, 0.2) is 0 Å². The van der Waals surface area contributed by atoms with E-state index in [4.69, 9.17) is 0 Å². The topological polar surface area (TPSA) is 55.1 Å². The van der Waals surface area contributed by atoms with E-state index in [0.717, 1.165) is 11.3 Å². The molecule has 0 amide bonds. The highest BCUT2D eigenvalue weighted by atomic mass is 16.4. The van der Waals surface area contributed by atoms with Crippen LogP contribution in [0, 0.1) is 6.92 Å².